The Balaban J connectivity index is 2.33. The summed E-state index contributed by atoms with van der Waals surface area (Å²) in [7, 11) is -3.24. The van der Waals surface area contributed by atoms with E-state index in [9.17, 15) is 12.8 Å². The molecule has 0 saturated heterocycles. The van der Waals surface area contributed by atoms with Gasteiger partial charge < -0.3 is 11.1 Å². The van der Waals surface area contributed by atoms with Gasteiger partial charge in [0.25, 0.3) is 0 Å². The highest BCUT2D eigenvalue weighted by Crippen LogP contribution is 2.23. The molecule has 0 radical (unpaired) electrons. The van der Waals surface area contributed by atoms with Crippen LogP contribution in [-0.2, 0) is 9.84 Å². The molecule has 0 fully saturated rings. The molecular formula is C14H13FN2O2S2. The van der Waals surface area contributed by atoms with E-state index in [0.29, 0.717) is 16.9 Å². The van der Waals surface area contributed by atoms with Crippen LogP contribution >= 0.6 is 12.2 Å². The third kappa shape index (κ3) is 3.77. The van der Waals surface area contributed by atoms with Gasteiger partial charge in [0.2, 0.25) is 0 Å². The molecule has 7 heteroatoms. The van der Waals surface area contributed by atoms with Gasteiger partial charge in [0.15, 0.2) is 9.84 Å². The molecule has 2 rings (SSSR count). The lowest BCUT2D eigenvalue weighted by molar-refractivity contribution is 0.602. The largest absolute Gasteiger partial charge is 0.389 e. The van der Waals surface area contributed by atoms with Gasteiger partial charge in [0.1, 0.15) is 10.8 Å². The Morgan fingerprint density at radius 3 is 2.33 bits per heavy atom. The van der Waals surface area contributed by atoms with E-state index in [1.54, 1.807) is 12.1 Å². The van der Waals surface area contributed by atoms with Crippen molar-refractivity contribution in [1.29, 1.82) is 0 Å². The number of rotatable bonds is 4. The minimum Gasteiger partial charge on any atom is -0.389 e. The topological polar surface area (TPSA) is 72.2 Å². The fraction of sp³-hybridized carbons (Fsp3) is 0.0714. The van der Waals surface area contributed by atoms with Crippen molar-refractivity contribution in [2.24, 2.45) is 5.73 Å². The molecule has 0 unspecified atom stereocenters. The summed E-state index contributed by atoms with van der Waals surface area (Å²) in [6.07, 6.45) is 1.14. The predicted octanol–water partition coefficient (Wildman–Crippen LogP) is 2.61. The lowest BCUT2D eigenvalue weighted by Crippen LogP contribution is -2.12. The van der Waals surface area contributed by atoms with E-state index in [2.05, 4.69) is 5.32 Å². The molecule has 0 bridgehead atoms. The summed E-state index contributed by atoms with van der Waals surface area (Å²) in [6, 6.07) is 10.3. The minimum atomic E-state index is -3.24. The molecule has 4 nitrogen and oxygen atoms in total. The standard InChI is InChI=1S/C14H13FN2O2S2/c1-21(18,19)11-5-3-10(4-6-11)17-13-7-2-9(15)8-12(13)14(16)20/h2-8,17H,1H3,(H2,16,20). The van der Waals surface area contributed by atoms with Crippen LogP contribution < -0.4 is 11.1 Å². The second-order valence-electron chi connectivity index (χ2n) is 4.48. The monoisotopic (exact) mass is 324 g/mol. The number of nitrogens with one attached hydrogen (secondary N) is 1. The molecule has 0 aliphatic carbocycles. The van der Waals surface area contributed by atoms with Crippen molar-refractivity contribution in [1.82, 2.24) is 0 Å². The van der Waals surface area contributed by atoms with Gasteiger partial charge in [-0.3, -0.25) is 0 Å². The summed E-state index contributed by atoms with van der Waals surface area (Å²) in [6.45, 7) is 0. The Morgan fingerprint density at radius 2 is 1.81 bits per heavy atom. The zero-order valence-electron chi connectivity index (χ0n) is 11.1. The average Bonchev–Trinajstić information content (AvgIpc) is 2.40. The molecule has 2 aromatic carbocycles. The lowest BCUT2D eigenvalue weighted by Gasteiger charge is -2.11. The quantitative estimate of drug-likeness (QED) is 0.846. The second-order valence-corrected chi connectivity index (χ2v) is 6.93. The maximum Gasteiger partial charge on any atom is 0.175 e. The normalized spacial score (nSPS) is 11.1. The summed E-state index contributed by atoms with van der Waals surface area (Å²) in [4.78, 5) is 0.298. The van der Waals surface area contributed by atoms with Gasteiger partial charge in [0.05, 0.1) is 4.90 Å². The van der Waals surface area contributed by atoms with Crippen molar-refractivity contribution in [3.05, 3.63) is 53.8 Å². The van der Waals surface area contributed by atoms with Gasteiger partial charge in [-0.1, -0.05) is 12.2 Å². The van der Waals surface area contributed by atoms with Crippen LogP contribution in [0.15, 0.2) is 47.4 Å². The van der Waals surface area contributed by atoms with Crippen LogP contribution in [0.4, 0.5) is 15.8 Å². The number of nitrogens with two attached hydrogens (primary N) is 1. The molecule has 110 valence electrons. The smallest absolute Gasteiger partial charge is 0.175 e. The second kappa shape index (κ2) is 5.79. The summed E-state index contributed by atoms with van der Waals surface area (Å²) in [5, 5.41) is 3.03. The van der Waals surface area contributed by atoms with Crippen molar-refractivity contribution in [3.8, 4) is 0 Å². The van der Waals surface area contributed by atoms with E-state index < -0.39 is 15.7 Å². The summed E-state index contributed by atoms with van der Waals surface area (Å²) in [5.41, 5.74) is 7.15. The molecule has 0 spiro atoms. The van der Waals surface area contributed by atoms with Crippen molar-refractivity contribution in [3.63, 3.8) is 0 Å². The third-order valence-corrected chi connectivity index (χ3v) is 4.16. The van der Waals surface area contributed by atoms with Crippen LogP contribution in [0.2, 0.25) is 0 Å². The number of thiocarbonyl (C=S) groups is 1. The Hall–Kier alpha value is -1.99. The van der Waals surface area contributed by atoms with Crippen molar-refractivity contribution >= 4 is 38.4 Å². The van der Waals surface area contributed by atoms with Gasteiger partial charge in [-0.05, 0) is 42.5 Å². The Kier molecular flexibility index (Phi) is 4.24. The van der Waals surface area contributed by atoms with E-state index in [4.69, 9.17) is 18.0 Å². The van der Waals surface area contributed by atoms with E-state index in [-0.39, 0.29) is 9.88 Å². The number of halogens is 1. The molecule has 0 aliphatic rings. The van der Waals surface area contributed by atoms with E-state index >= 15 is 0 Å². The summed E-state index contributed by atoms with van der Waals surface area (Å²) in [5.74, 6) is -0.434. The number of sulfone groups is 1. The first kappa shape index (κ1) is 15.4. The maximum atomic E-state index is 13.2. The number of hydrogen-bond acceptors (Lipinski definition) is 4. The lowest BCUT2D eigenvalue weighted by atomic mass is 10.1. The van der Waals surface area contributed by atoms with Gasteiger partial charge in [-0.15, -0.1) is 0 Å². The van der Waals surface area contributed by atoms with Crippen LogP contribution in [0, 0.1) is 5.82 Å². The van der Waals surface area contributed by atoms with Gasteiger partial charge in [-0.2, -0.15) is 0 Å². The molecule has 0 amide bonds. The fourth-order valence-electron chi connectivity index (χ4n) is 1.77. The number of anilines is 2. The predicted molar refractivity (Wildman–Crippen MR) is 85.1 cm³/mol. The first-order valence-electron chi connectivity index (χ1n) is 5.94. The zero-order valence-corrected chi connectivity index (χ0v) is 12.8. The Morgan fingerprint density at radius 1 is 1.19 bits per heavy atom. The van der Waals surface area contributed by atoms with Gasteiger partial charge in [-0.25, -0.2) is 12.8 Å². The molecule has 3 N–H and O–H groups in total. The molecule has 21 heavy (non-hydrogen) atoms. The summed E-state index contributed by atoms with van der Waals surface area (Å²) >= 11 is 4.89. The SMILES string of the molecule is CS(=O)(=O)c1ccc(Nc2ccc(F)cc2C(N)=S)cc1. The van der Waals surface area contributed by atoms with Crippen LogP contribution in [0.25, 0.3) is 0 Å². The Labute approximate surface area is 127 Å². The molecule has 0 aliphatic heterocycles. The van der Waals surface area contributed by atoms with Crippen molar-refractivity contribution in [2.75, 3.05) is 11.6 Å². The average molecular weight is 324 g/mol. The first-order chi connectivity index (χ1) is 9.77. The highest BCUT2D eigenvalue weighted by molar-refractivity contribution is 7.90. The highest BCUT2D eigenvalue weighted by atomic mass is 32.2. The Bertz CT molecular complexity index is 787. The van der Waals surface area contributed by atoms with Crippen molar-refractivity contribution < 1.29 is 12.8 Å². The molecular weight excluding hydrogens is 311 g/mol. The molecule has 2 aromatic rings. The van der Waals surface area contributed by atoms with E-state index in [0.717, 1.165) is 6.26 Å². The van der Waals surface area contributed by atoms with E-state index in [1.165, 1.54) is 30.3 Å². The highest BCUT2D eigenvalue weighted by Gasteiger charge is 2.09. The third-order valence-electron chi connectivity index (χ3n) is 2.81. The maximum absolute atomic E-state index is 13.2. The number of benzene rings is 2. The van der Waals surface area contributed by atoms with E-state index in [1.807, 2.05) is 0 Å². The van der Waals surface area contributed by atoms with Gasteiger partial charge >= 0.3 is 0 Å². The molecule has 0 aromatic heterocycles. The summed E-state index contributed by atoms with van der Waals surface area (Å²) < 4.78 is 36.0. The molecule has 0 saturated carbocycles. The van der Waals surface area contributed by atoms with Crippen LogP contribution in [0.3, 0.4) is 0 Å². The minimum absolute atomic E-state index is 0.0738. The van der Waals surface area contributed by atoms with Crippen LogP contribution in [0.5, 0.6) is 0 Å². The fourth-order valence-corrected chi connectivity index (χ4v) is 2.57. The first-order valence-corrected chi connectivity index (χ1v) is 8.24. The van der Waals surface area contributed by atoms with Crippen LogP contribution in [0.1, 0.15) is 5.56 Å². The van der Waals surface area contributed by atoms with Crippen molar-refractivity contribution in [2.45, 2.75) is 4.90 Å². The molecule has 0 heterocycles. The molecule has 0 atom stereocenters. The van der Waals surface area contributed by atoms with Crippen LogP contribution in [-0.4, -0.2) is 19.7 Å². The van der Waals surface area contributed by atoms with Gasteiger partial charge in [0, 0.05) is 23.2 Å². The number of hydrogen-bond donors (Lipinski definition) is 2. The zero-order chi connectivity index (χ0) is 15.6.